The second-order valence-corrected chi connectivity index (χ2v) is 9.16. The number of aliphatic hydroxyl groups excluding tert-OH is 1. The van der Waals surface area contributed by atoms with Gasteiger partial charge in [0.1, 0.15) is 22.6 Å². The number of fused-ring (bicyclic) bond motifs is 2. The van der Waals surface area contributed by atoms with Crippen molar-refractivity contribution >= 4 is 57.0 Å². The van der Waals surface area contributed by atoms with Crippen LogP contribution in [0.3, 0.4) is 0 Å². The molecule has 6 rings (SSSR count). The third-order valence-corrected chi connectivity index (χ3v) is 6.55. The standard InChI is InChI=1S/C25H19Cl2N5O2/c1-13-8-15(26)9-20-22(13)34-25(31-20)30-16-4-2-14(3-5-16)19-11-32(17-6-7-18(33)10-17)24-21(19)23(27)28-12-29-24/h2-9,11-12,17-18,33H,10H2,1H3,(H,30,31)/t17?,18-/m0/s1. The van der Waals surface area contributed by atoms with Crippen molar-refractivity contribution in [1.29, 1.82) is 0 Å². The van der Waals surface area contributed by atoms with E-state index in [1.165, 1.54) is 6.33 Å². The Morgan fingerprint density at radius 1 is 1.12 bits per heavy atom. The van der Waals surface area contributed by atoms with Crippen LogP contribution in [0.5, 0.6) is 0 Å². The largest absolute Gasteiger partial charge is 0.423 e. The predicted molar refractivity (Wildman–Crippen MR) is 134 cm³/mol. The Labute approximate surface area is 204 Å². The van der Waals surface area contributed by atoms with E-state index in [9.17, 15) is 5.11 Å². The van der Waals surface area contributed by atoms with E-state index in [4.69, 9.17) is 27.6 Å². The third kappa shape index (κ3) is 3.62. The minimum absolute atomic E-state index is 0.00859. The summed E-state index contributed by atoms with van der Waals surface area (Å²) in [6.45, 7) is 1.94. The summed E-state index contributed by atoms with van der Waals surface area (Å²) in [5, 5.41) is 15.0. The molecule has 0 bridgehead atoms. The molecule has 0 spiro atoms. The van der Waals surface area contributed by atoms with Gasteiger partial charge in [-0.15, -0.1) is 0 Å². The molecule has 1 aliphatic carbocycles. The smallest absolute Gasteiger partial charge is 0.300 e. The highest BCUT2D eigenvalue weighted by Gasteiger charge is 2.23. The van der Waals surface area contributed by atoms with Crippen LogP contribution in [0.15, 0.2) is 65.5 Å². The molecule has 7 nitrogen and oxygen atoms in total. The van der Waals surface area contributed by atoms with Crippen molar-refractivity contribution in [3.63, 3.8) is 0 Å². The van der Waals surface area contributed by atoms with Gasteiger partial charge in [-0.05, 0) is 42.3 Å². The normalized spacial score (nSPS) is 17.8. The Kier molecular flexibility index (Phi) is 5.06. The van der Waals surface area contributed by atoms with Crippen LogP contribution in [0, 0.1) is 6.92 Å². The molecular formula is C25H19Cl2N5O2. The fourth-order valence-corrected chi connectivity index (χ4v) is 4.95. The Morgan fingerprint density at radius 3 is 2.71 bits per heavy atom. The van der Waals surface area contributed by atoms with E-state index in [2.05, 4.69) is 20.3 Å². The van der Waals surface area contributed by atoms with Gasteiger partial charge in [-0.25, -0.2) is 9.97 Å². The van der Waals surface area contributed by atoms with Crippen LogP contribution in [0.1, 0.15) is 18.0 Å². The predicted octanol–water partition coefficient (Wildman–Crippen LogP) is 6.46. The molecule has 2 aromatic carbocycles. The van der Waals surface area contributed by atoms with Gasteiger partial charge in [0.05, 0.1) is 17.5 Å². The molecule has 1 unspecified atom stereocenters. The summed E-state index contributed by atoms with van der Waals surface area (Å²) in [4.78, 5) is 13.2. The van der Waals surface area contributed by atoms with Crippen LogP contribution in [0.2, 0.25) is 10.2 Å². The minimum Gasteiger partial charge on any atom is -0.423 e. The fraction of sp³-hybridized carbons (Fsp3) is 0.160. The molecule has 5 aromatic rings. The molecule has 0 radical (unpaired) electrons. The highest BCUT2D eigenvalue weighted by molar-refractivity contribution is 6.35. The first-order valence-corrected chi connectivity index (χ1v) is 11.5. The summed E-state index contributed by atoms with van der Waals surface area (Å²) in [6.07, 6.45) is 7.42. The first-order chi connectivity index (χ1) is 16.5. The van der Waals surface area contributed by atoms with Gasteiger partial charge in [0.25, 0.3) is 6.01 Å². The van der Waals surface area contributed by atoms with E-state index in [0.717, 1.165) is 33.4 Å². The average Bonchev–Trinajstić information content (AvgIpc) is 3.51. The third-order valence-electron chi connectivity index (χ3n) is 6.05. The second-order valence-electron chi connectivity index (χ2n) is 8.36. The van der Waals surface area contributed by atoms with Crippen molar-refractivity contribution in [1.82, 2.24) is 19.5 Å². The first-order valence-electron chi connectivity index (χ1n) is 10.8. The van der Waals surface area contributed by atoms with E-state index in [1.807, 2.05) is 54.1 Å². The molecule has 1 aliphatic rings. The van der Waals surface area contributed by atoms with Gasteiger partial charge >= 0.3 is 0 Å². The molecule has 2 atom stereocenters. The van der Waals surface area contributed by atoms with Crippen LogP contribution in [0.4, 0.5) is 11.7 Å². The molecule has 0 amide bonds. The highest BCUT2D eigenvalue weighted by atomic mass is 35.5. The summed E-state index contributed by atoms with van der Waals surface area (Å²) >= 11 is 12.6. The van der Waals surface area contributed by atoms with E-state index in [-0.39, 0.29) is 6.04 Å². The van der Waals surface area contributed by atoms with E-state index in [1.54, 1.807) is 12.1 Å². The number of aliphatic hydroxyl groups is 1. The van der Waals surface area contributed by atoms with Crippen LogP contribution in [0.25, 0.3) is 33.3 Å². The quantitative estimate of drug-likeness (QED) is 0.221. The van der Waals surface area contributed by atoms with Crippen LogP contribution in [-0.2, 0) is 0 Å². The van der Waals surface area contributed by atoms with Crippen molar-refractivity contribution in [2.24, 2.45) is 0 Å². The number of halogens is 2. The SMILES string of the molecule is Cc1cc(Cl)cc2nc(Nc3ccc(-c4cn(C5C=C[C@H](O)C5)c5ncnc(Cl)c45)cc3)oc12. The average molecular weight is 492 g/mol. The zero-order valence-electron chi connectivity index (χ0n) is 18.0. The van der Waals surface area contributed by atoms with Gasteiger partial charge in [0.2, 0.25) is 0 Å². The lowest BCUT2D eigenvalue weighted by molar-refractivity contribution is 0.211. The molecule has 3 aromatic heterocycles. The van der Waals surface area contributed by atoms with Crippen LogP contribution < -0.4 is 5.32 Å². The van der Waals surface area contributed by atoms with Crippen LogP contribution >= 0.6 is 23.2 Å². The van der Waals surface area contributed by atoms with E-state index in [0.29, 0.717) is 33.7 Å². The lowest BCUT2D eigenvalue weighted by atomic mass is 10.1. The van der Waals surface area contributed by atoms with Gasteiger partial charge in [-0.3, -0.25) is 0 Å². The van der Waals surface area contributed by atoms with Crippen LogP contribution in [-0.4, -0.2) is 30.7 Å². The summed E-state index contributed by atoms with van der Waals surface area (Å²) in [5.74, 6) is 0. The molecule has 2 N–H and O–H groups in total. The molecule has 0 fully saturated rings. The Balaban J connectivity index is 1.34. The van der Waals surface area contributed by atoms with Crippen molar-refractivity contribution in [3.05, 3.63) is 76.8 Å². The van der Waals surface area contributed by atoms with E-state index < -0.39 is 6.10 Å². The Hall–Kier alpha value is -3.39. The number of nitrogens with one attached hydrogen (secondary N) is 1. The Morgan fingerprint density at radius 2 is 1.94 bits per heavy atom. The number of anilines is 2. The van der Waals surface area contributed by atoms with Gasteiger partial charge in [-0.2, -0.15) is 4.98 Å². The number of oxazole rings is 1. The zero-order chi connectivity index (χ0) is 23.4. The van der Waals surface area contributed by atoms with Gasteiger partial charge < -0.3 is 19.4 Å². The maximum Gasteiger partial charge on any atom is 0.300 e. The van der Waals surface area contributed by atoms with Gasteiger partial charge in [0, 0.05) is 28.9 Å². The molecule has 0 saturated heterocycles. The molecule has 170 valence electrons. The van der Waals surface area contributed by atoms with Gasteiger partial charge in [-0.1, -0.05) is 47.5 Å². The second kappa shape index (κ2) is 8.13. The molecule has 34 heavy (non-hydrogen) atoms. The number of nitrogens with zero attached hydrogens (tertiary/aromatic N) is 4. The topological polar surface area (TPSA) is 89.0 Å². The molecule has 0 aliphatic heterocycles. The fourth-order valence-electron chi connectivity index (χ4n) is 4.45. The molecule has 3 heterocycles. The zero-order valence-corrected chi connectivity index (χ0v) is 19.5. The molecule has 9 heteroatoms. The number of rotatable bonds is 4. The van der Waals surface area contributed by atoms with Crippen molar-refractivity contribution in [3.8, 4) is 11.1 Å². The van der Waals surface area contributed by atoms with Crippen molar-refractivity contribution in [2.75, 3.05) is 5.32 Å². The lowest BCUT2D eigenvalue weighted by Gasteiger charge is -2.12. The summed E-state index contributed by atoms with van der Waals surface area (Å²) in [6, 6.07) is 11.9. The van der Waals surface area contributed by atoms with E-state index >= 15 is 0 Å². The highest BCUT2D eigenvalue weighted by Crippen LogP contribution is 2.38. The lowest BCUT2D eigenvalue weighted by Crippen LogP contribution is -2.07. The molecule has 0 saturated carbocycles. The number of hydrogen-bond acceptors (Lipinski definition) is 6. The number of aromatic nitrogens is 4. The number of allylic oxidation sites excluding steroid dienone is 1. The minimum atomic E-state index is -0.458. The van der Waals surface area contributed by atoms with Gasteiger partial charge in [0.15, 0.2) is 5.58 Å². The molecular weight excluding hydrogens is 473 g/mol. The monoisotopic (exact) mass is 491 g/mol. The number of hydrogen-bond donors (Lipinski definition) is 2. The van der Waals surface area contributed by atoms with Crippen molar-refractivity contribution < 1.29 is 9.52 Å². The summed E-state index contributed by atoms with van der Waals surface area (Å²) in [7, 11) is 0. The summed E-state index contributed by atoms with van der Waals surface area (Å²) in [5.41, 5.74) is 5.80. The maximum absolute atomic E-state index is 9.95. The Bertz CT molecular complexity index is 1570. The first kappa shape index (κ1) is 21.2. The number of benzene rings is 2. The number of aryl methyl sites for hydroxylation is 1. The maximum atomic E-state index is 9.95. The summed E-state index contributed by atoms with van der Waals surface area (Å²) < 4.78 is 7.91. The van der Waals surface area contributed by atoms with Crippen molar-refractivity contribution in [2.45, 2.75) is 25.5 Å².